The number of carboxylic acid groups (broad SMARTS) is 1. The van der Waals surface area contributed by atoms with Gasteiger partial charge in [-0.25, -0.2) is 4.79 Å². The SMILES string of the molecule is CCC(Oc1ccc(Cl)c(Cl)c1Cl)C(=O)NCCc1cccc(NC(=O)NC2CC3(C2)CN(CCC(=O)O)C3)c1. The lowest BCUT2D eigenvalue weighted by Gasteiger charge is -2.59. The first-order valence-electron chi connectivity index (χ1n) is 13.3. The van der Waals surface area contributed by atoms with Crippen molar-refractivity contribution in [3.05, 3.63) is 57.0 Å². The largest absolute Gasteiger partial charge is 0.481 e. The zero-order chi connectivity index (χ0) is 28.9. The Hall–Kier alpha value is -2.72. The lowest BCUT2D eigenvalue weighted by Crippen LogP contribution is -2.66. The fraction of sp³-hybridized carbons (Fsp3) is 0.464. The van der Waals surface area contributed by atoms with E-state index in [9.17, 15) is 14.4 Å². The minimum absolute atomic E-state index is 0.118. The van der Waals surface area contributed by atoms with Crippen LogP contribution in [-0.4, -0.2) is 66.2 Å². The third-order valence-electron chi connectivity index (χ3n) is 7.28. The summed E-state index contributed by atoms with van der Waals surface area (Å²) in [6.45, 7) is 4.59. The van der Waals surface area contributed by atoms with E-state index in [1.807, 2.05) is 31.2 Å². The van der Waals surface area contributed by atoms with Crippen molar-refractivity contribution in [1.82, 2.24) is 15.5 Å². The summed E-state index contributed by atoms with van der Waals surface area (Å²) < 4.78 is 5.79. The third kappa shape index (κ3) is 7.72. The van der Waals surface area contributed by atoms with Crippen LogP contribution in [0.5, 0.6) is 5.75 Å². The van der Waals surface area contributed by atoms with Gasteiger partial charge in [0.05, 0.1) is 16.5 Å². The number of anilines is 1. The third-order valence-corrected chi connectivity index (χ3v) is 8.56. The van der Waals surface area contributed by atoms with E-state index in [0.717, 1.165) is 31.5 Å². The average Bonchev–Trinajstić information content (AvgIpc) is 2.87. The van der Waals surface area contributed by atoms with Gasteiger partial charge < -0.3 is 30.7 Å². The average molecular weight is 612 g/mol. The molecule has 40 heavy (non-hydrogen) atoms. The van der Waals surface area contributed by atoms with Gasteiger partial charge in [-0.05, 0) is 60.9 Å². The fourth-order valence-corrected chi connectivity index (χ4v) is 5.91. The summed E-state index contributed by atoms with van der Waals surface area (Å²) in [5, 5.41) is 18.2. The number of hydrogen-bond acceptors (Lipinski definition) is 5. The molecule has 1 atom stereocenters. The van der Waals surface area contributed by atoms with Gasteiger partial charge >= 0.3 is 12.0 Å². The highest BCUT2D eigenvalue weighted by Gasteiger charge is 2.52. The highest BCUT2D eigenvalue weighted by molar-refractivity contribution is 6.48. The molecular formula is C28H33Cl3N4O5. The van der Waals surface area contributed by atoms with Crippen molar-refractivity contribution in [3.8, 4) is 5.75 Å². The fourth-order valence-electron chi connectivity index (χ4n) is 5.34. The van der Waals surface area contributed by atoms with Crippen LogP contribution in [0.25, 0.3) is 0 Å². The Morgan fingerprint density at radius 3 is 2.58 bits per heavy atom. The lowest BCUT2D eigenvalue weighted by molar-refractivity contribution is -0.139. The van der Waals surface area contributed by atoms with Crippen LogP contribution in [0, 0.1) is 5.41 Å². The van der Waals surface area contributed by atoms with Crippen molar-refractivity contribution in [2.75, 3.05) is 31.5 Å². The number of nitrogens with zero attached hydrogens (tertiary/aromatic N) is 1. The molecule has 1 aliphatic carbocycles. The molecule has 1 aliphatic heterocycles. The van der Waals surface area contributed by atoms with Gasteiger partial charge in [-0.1, -0.05) is 53.9 Å². The molecule has 2 aliphatic rings. The van der Waals surface area contributed by atoms with Crippen LogP contribution in [0.1, 0.15) is 38.2 Å². The van der Waals surface area contributed by atoms with Gasteiger partial charge in [0.15, 0.2) is 6.10 Å². The molecular weight excluding hydrogens is 579 g/mol. The molecule has 1 saturated heterocycles. The molecule has 4 N–H and O–H groups in total. The first-order chi connectivity index (χ1) is 19.1. The Bertz CT molecular complexity index is 1250. The van der Waals surface area contributed by atoms with Crippen molar-refractivity contribution < 1.29 is 24.2 Å². The van der Waals surface area contributed by atoms with Crippen LogP contribution in [0.15, 0.2) is 36.4 Å². The van der Waals surface area contributed by atoms with E-state index in [1.54, 1.807) is 12.1 Å². The predicted molar refractivity (Wildman–Crippen MR) is 156 cm³/mol. The van der Waals surface area contributed by atoms with Crippen LogP contribution in [-0.2, 0) is 16.0 Å². The van der Waals surface area contributed by atoms with E-state index < -0.39 is 12.1 Å². The quantitative estimate of drug-likeness (QED) is 0.244. The van der Waals surface area contributed by atoms with Crippen molar-refractivity contribution in [2.45, 2.75) is 51.2 Å². The second-order valence-corrected chi connectivity index (χ2v) is 11.7. The number of carboxylic acids is 1. The Labute approximate surface area is 248 Å². The van der Waals surface area contributed by atoms with E-state index in [2.05, 4.69) is 20.9 Å². The van der Waals surface area contributed by atoms with Crippen LogP contribution in [0.4, 0.5) is 10.5 Å². The zero-order valence-corrected chi connectivity index (χ0v) is 24.4. The summed E-state index contributed by atoms with van der Waals surface area (Å²) >= 11 is 18.2. The Morgan fingerprint density at radius 2 is 1.88 bits per heavy atom. The summed E-state index contributed by atoms with van der Waals surface area (Å²) in [5.74, 6) is -0.757. The first kappa shape index (κ1) is 30.2. The maximum atomic E-state index is 12.7. The number of ether oxygens (including phenoxy) is 1. The van der Waals surface area contributed by atoms with Gasteiger partial charge in [-0.15, -0.1) is 0 Å². The maximum Gasteiger partial charge on any atom is 0.319 e. The summed E-state index contributed by atoms with van der Waals surface area (Å²) in [7, 11) is 0. The van der Waals surface area contributed by atoms with Gasteiger partial charge in [-0.3, -0.25) is 9.59 Å². The number of amides is 3. The normalized spacial score (nSPS) is 16.9. The van der Waals surface area contributed by atoms with Crippen LogP contribution < -0.4 is 20.7 Å². The van der Waals surface area contributed by atoms with Gasteiger partial charge in [-0.2, -0.15) is 0 Å². The molecule has 216 valence electrons. The minimum atomic E-state index is -0.776. The van der Waals surface area contributed by atoms with E-state index in [4.69, 9.17) is 44.6 Å². The van der Waals surface area contributed by atoms with E-state index in [1.165, 1.54) is 0 Å². The molecule has 1 saturated carbocycles. The van der Waals surface area contributed by atoms with Crippen LogP contribution in [0.2, 0.25) is 15.1 Å². The van der Waals surface area contributed by atoms with Gasteiger partial charge in [0.2, 0.25) is 0 Å². The maximum absolute atomic E-state index is 12.7. The summed E-state index contributed by atoms with van der Waals surface area (Å²) in [5.41, 5.74) is 1.84. The second-order valence-electron chi connectivity index (χ2n) is 10.5. The molecule has 2 aromatic carbocycles. The van der Waals surface area contributed by atoms with Gasteiger partial charge in [0.1, 0.15) is 10.8 Å². The Kier molecular flexibility index (Phi) is 10.1. The monoisotopic (exact) mass is 610 g/mol. The van der Waals surface area contributed by atoms with Crippen molar-refractivity contribution >= 4 is 58.4 Å². The number of aliphatic carboxylic acids is 1. The van der Waals surface area contributed by atoms with Gasteiger partial charge in [0, 0.05) is 37.9 Å². The topological polar surface area (TPSA) is 120 Å². The van der Waals surface area contributed by atoms with E-state index in [-0.39, 0.29) is 45.6 Å². The first-order valence-corrected chi connectivity index (χ1v) is 14.4. The number of halogens is 3. The summed E-state index contributed by atoms with van der Waals surface area (Å²) in [6.07, 6.45) is 2.23. The van der Waals surface area contributed by atoms with Crippen LogP contribution in [0.3, 0.4) is 0 Å². The highest BCUT2D eigenvalue weighted by Crippen LogP contribution is 2.48. The minimum Gasteiger partial charge on any atom is -0.481 e. The number of carbonyl (C=O) groups is 3. The van der Waals surface area contributed by atoms with Gasteiger partial charge in [0.25, 0.3) is 5.91 Å². The molecule has 0 aromatic heterocycles. The molecule has 1 spiro atoms. The predicted octanol–water partition coefficient (Wildman–Crippen LogP) is 5.22. The number of hydrogen-bond donors (Lipinski definition) is 4. The molecule has 9 nitrogen and oxygen atoms in total. The van der Waals surface area contributed by atoms with Crippen molar-refractivity contribution in [1.29, 1.82) is 0 Å². The second kappa shape index (κ2) is 13.3. The molecule has 12 heteroatoms. The number of nitrogens with one attached hydrogen (secondary N) is 3. The Morgan fingerprint density at radius 1 is 1.12 bits per heavy atom. The molecule has 1 heterocycles. The zero-order valence-electron chi connectivity index (χ0n) is 22.1. The van der Waals surface area contributed by atoms with E-state index in [0.29, 0.717) is 36.6 Å². The number of likely N-dealkylation sites (tertiary alicyclic amines) is 1. The summed E-state index contributed by atoms with van der Waals surface area (Å²) in [6, 6.07) is 10.5. The summed E-state index contributed by atoms with van der Waals surface area (Å²) in [4.78, 5) is 38.1. The number of urea groups is 1. The standard InChI is InChI=1S/C28H33Cl3N4O5/c1-2-21(40-22-7-6-20(29)24(30)25(22)31)26(38)32-10-8-17-4-3-5-18(12-17)33-27(39)34-19-13-28(14-19)15-35(16-28)11-9-23(36)37/h3-7,12,19,21H,2,8-11,13-16H2,1H3,(H,32,38)(H,36,37)(H2,33,34,39). The molecule has 0 bridgehead atoms. The number of benzene rings is 2. The van der Waals surface area contributed by atoms with Crippen molar-refractivity contribution in [3.63, 3.8) is 0 Å². The lowest BCUT2D eigenvalue weighted by atomic mass is 9.60. The van der Waals surface area contributed by atoms with Crippen molar-refractivity contribution in [2.24, 2.45) is 5.41 Å². The Balaban J connectivity index is 1.17. The molecule has 0 radical (unpaired) electrons. The smallest absolute Gasteiger partial charge is 0.319 e. The molecule has 2 aromatic rings. The highest BCUT2D eigenvalue weighted by atomic mass is 35.5. The van der Waals surface area contributed by atoms with Crippen LogP contribution >= 0.6 is 34.8 Å². The molecule has 2 fully saturated rings. The molecule has 1 unspecified atom stereocenters. The number of rotatable bonds is 12. The molecule has 3 amide bonds. The van der Waals surface area contributed by atoms with E-state index >= 15 is 0 Å². The number of carbonyl (C=O) groups excluding carboxylic acids is 2. The molecule has 4 rings (SSSR count).